The highest BCUT2D eigenvalue weighted by Crippen LogP contribution is 2.34. The van der Waals surface area contributed by atoms with Crippen LogP contribution in [0.4, 0.5) is 5.69 Å². The molecule has 0 atom stereocenters. The Morgan fingerprint density at radius 1 is 0.947 bits per heavy atom. The molecule has 2 aliphatic carbocycles. The Labute approximate surface area is 109 Å². The van der Waals surface area contributed by atoms with Crippen molar-refractivity contribution in [1.82, 2.24) is 4.98 Å². The van der Waals surface area contributed by atoms with Crippen molar-refractivity contribution in [3.05, 3.63) is 70.9 Å². The van der Waals surface area contributed by atoms with Crippen molar-refractivity contribution in [2.75, 3.05) is 0 Å². The normalized spacial score (nSPS) is 10.5. The fraction of sp³-hybridized carbons (Fsp3) is 0. The maximum absolute atomic E-state index is 10.8. The molecule has 0 saturated carbocycles. The molecule has 92 valence electrons. The van der Waals surface area contributed by atoms with Crippen LogP contribution in [0.15, 0.2) is 60.8 Å². The predicted octanol–water partition coefficient (Wildman–Crippen LogP) is 3.76. The third-order valence-electron chi connectivity index (χ3n) is 3.02. The fourth-order valence-corrected chi connectivity index (χ4v) is 2.12. The Hall–Kier alpha value is -2.75. The van der Waals surface area contributed by atoms with Gasteiger partial charge in [0.2, 0.25) is 0 Å². The molecule has 1 aromatic rings. The number of rotatable bonds is 2. The highest BCUT2D eigenvalue weighted by molar-refractivity contribution is 5.85. The number of nitrogens with zero attached hydrogens (tertiary/aromatic N) is 2. The monoisotopic (exact) mass is 250 g/mol. The lowest BCUT2D eigenvalue weighted by Gasteiger charge is -2.01. The molecule has 4 heteroatoms. The van der Waals surface area contributed by atoms with Gasteiger partial charge in [-0.2, -0.15) is 0 Å². The Balaban J connectivity index is 2.16. The molecule has 1 heterocycles. The van der Waals surface area contributed by atoms with Crippen molar-refractivity contribution >= 4 is 5.69 Å². The predicted molar refractivity (Wildman–Crippen MR) is 72.9 cm³/mol. The second kappa shape index (κ2) is 4.49. The van der Waals surface area contributed by atoms with E-state index in [0.717, 1.165) is 16.7 Å². The van der Waals surface area contributed by atoms with E-state index >= 15 is 0 Å². The lowest BCUT2D eigenvalue weighted by molar-refractivity contribution is -0.384. The van der Waals surface area contributed by atoms with E-state index in [0.29, 0.717) is 5.69 Å². The summed E-state index contributed by atoms with van der Waals surface area (Å²) in [5, 5.41) is 10.8. The SMILES string of the molecule is O=[N+]([O-])c1ccnc(-c2ccc3cccccc2-3)c1. The molecule has 0 bridgehead atoms. The Kier molecular flexibility index (Phi) is 2.68. The topological polar surface area (TPSA) is 56.0 Å². The van der Waals surface area contributed by atoms with Crippen molar-refractivity contribution < 1.29 is 4.92 Å². The molecule has 0 unspecified atom stereocenters. The average molecular weight is 250 g/mol. The van der Waals surface area contributed by atoms with Crippen LogP contribution in [0.1, 0.15) is 0 Å². The molecular weight excluding hydrogens is 240 g/mol. The molecule has 19 heavy (non-hydrogen) atoms. The summed E-state index contributed by atoms with van der Waals surface area (Å²) >= 11 is 0. The number of fused-ring (bicyclic) bond motifs is 1. The molecule has 0 fully saturated rings. The Morgan fingerprint density at radius 3 is 2.63 bits per heavy atom. The molecule has 2 aliphatic rings. The maximum atomic E-state index is 10.8. The summed E-state index contributed by atoms with van der Waals surface area (Å²) in [4.78, 5) is 14.6. The summed E-state index contributed by atoms with van der Waals surface area (Å²) in [7, 11) is 0. The summed E-state index contributed by atoms with van der Waals surface area (Å²) < 4.78 is 0. The van der Waals surface area contributed by atoms with Crippen LogP contribution in [0.25, 0.3) is 22.4 Å². The first kappa shape index (κ1) is 11.3. The van der Waals surface area contributed by atoms with Gasteiger partial charge in [0.25, 0.3) is 5.69 Å². The van der Waals surface area contributed by atoms with Gasteiger partial charge in [0.15, 0.2) is 0 Å². The molecule has 0 radical (unpaired) electrons. The van der Waals surface area contributed by atoms with Crippen molar-refractivity contribution in [2.45, 2.75) is 0 Å². The smallest absolute Gasteiger partial charge is 0.258 e. The van der Waals surface area contributed by atoms with Crippen LogP contribution >= 0.6 is 0 Å². The van der Waals surface area contributed by atoms with Crippen LogP contribution in [0.5, 0.6) is 0 Å². The second-order valence-electron chi connectivity index (χ2n) is 4.18. The van der Waals surface area contributed by atoms with Gasteiger partial charge in [-0.1, -0.05) is 42.5 Å². The van der Waals surface area contributed by atoms with E-state index in [1.165, 1.54) is 18.3 Å². The van der Waals surface area contributed by atoms with Crippen LogP contribution in [0.3, 0.4) is 0 Å². The Morgan fingerprint density at radius 2 is 1.79 bits per heavy atom. The third kappa shape index (κ3) is 2.04. The minimum Gasteiger partial charge on any atom is -0.258 e. The van der Waals surface area contributed by atoms with Gasteiger partial charge < -0.3 is 0 Å². The number of hydrogen-bond acceptors (Lipinski definition) is 3. The summed E-state index contributed by atoms with van der Waals surface area (Å²) in [6.45, 7) is 0. The van der Waals surface area contributed by atoms with E-state index in [1.54, 1.807) is 0 Å². The minimum absolute atomic E-state index is 0.0552. The van der Waals surface area contributed by atoms with Gasteiger partial charge in [0.05, 0.1) is 10.6 Å². The van der Waals surface area contributed by atoms with Crippen molar-refractivity contribution in [2.24, 2.45) is 0 Å². The average Bonchev–Trinajstić information content (AvgIpc) is 2.68. The maximum Gasteiger partial charge on any atom is 0.273 e. The molecule has 0 saturated heterocycles. The van der Waals surface area contributed by atoms with Crippen molar-refractivity contribution in [1.29, 1.82) is 0 Å². The quantitative estimate of drug-likeness (QED) is 0.514. The molecule has 0 N–H and O–H groups in total. The van der Waals surface area contributed by atoms with Gasteiger partial charge in [-0.15, -0.1) is 0 Å². The minimum atomic E-state index is -0.406. The zero-order chi connectivity index (χ0) is 13.2. The summed E-state index contributed by atoms with van der Waals surface area (Å²) in [5.74, 6) is 0. The van der Waals surface area contributed by atoms with E-state index in [9.17, 15) is 10.1 Å². The van der Waals surface area contributed by atoms with Crippen molar-refractivity contribution in [3.63, 3.8) is 0 Å². The molecule has 1 aromatic heterocycles. The molecule has 0 aromatic carbocycles. The van der Waals surface area contributed by atoms with Crippen molar-refractivity contribution in [3.8, 4) is 22.4 Å². The lowest BCUT2D eigenvalue weighted by atomic mass is 10.1. The first-order valence-electron chi connectivity index (χ1n) is 5.84. The van der Waals surface area contributed by atoms with Crippen LogP contribution in [-0.4, -0.2) is 9.91 Å². The molecule has 3 rings (SSSR count). The molecule has 0 amide bonds. The lowest BCUT2D eigenvalue weighted by Crippen LogP contribution is -1.90. The Bertz CT molecular complexity index is 725. The fourth-order valence-electron chi connectivity index (χ4n) is 2.12. The molecule has 4 nitrogen and oxygen atoms in total. The van der Waals surface area contributed by atoms with Gasteiger partial charge in [0.1, 0.15) is 0 Å². The van der Waals surface area contributed by atoms with Gasteiger partial charge >= 0.3 is 0 Å². The number of pyridine rings is 1. The van der Waals surface area contributed by atoms with Crippen LogP contribution in [0, 0.1) is 10.1 Å². The van der Waals surface area contributed by atoms with Gasteiger partial charge in [-0.05, 0) is 11.1 Å². The number of aromatic nitrogens is 1. The van der Waals surface area contributed by atoms with E-state index in [4.69, 9.17) is 0 Å². The number of hydrogen-bond donors (Lipinski definition) is 0. The summed E-state index contributed by atoms with van der Waals surface area (Å²) in [6, 6.07) is 16.7. The third-order valence-corrected chi connectivity index (χ3v) is 3.02. The van der Waals surface area contributed by atoms with Crippen LogP contribution in [-0.2, 0) is 0 Å². The molecular formula is C15H10N2O2. The summed E-state index contributed by atoms with van der Waals surface area (Å²) in [5.41, 5.74) is 3.72. The largest absolute Gasteiger partial charge is 0.273 e. The highest BCUT2D eigenvalue weighted by Gasteiger charge is 2.13. The van der Waals surface area contributed by atoms with Crippen LogP contribution < -0.4 is 0 Å². The second-order valence-corrected chi connectivity index (χ2v) is 4.18. The number of nitro groups is 1. The molecule has 0 spiro atoms. The first-order valence-corrected chi connectivity index (χ1v) is 5.84. The van der Waals surface area contributed by atoms with E-state index in [2.05, 4.69) is 4.98 Å². The molecule has 0 aliphatic heterocycles. The standard InChI is InChI=1S/C15H10N2O2/c18-17(19)12-8-9-16-15(10-12)14-7-6-11-4-2-1-3-5-13(11)14/h1-10H. The van der Waals surface area contributed by atoms with Gasteiger partial charge in [-0.3, -0.25) is 15.1 Å². The zero-order valence-electron chi connectivity index (χ0n) is 9.98. The summed E-state index contributed by atoms with van der Waals surface area (Å²) in [6.07, 6.45) is 1.47. The highest BCUT2D eigenvalue weighted by atomic mass is 16.6. The van der Waals surface area contributed by atoms with Crippen LogP contribution in [0.2, 0.25) is 0 Å². The van der Waals surface area contributed by atoms with E-state index in [1.807, 2.05) is 42.5 Å². The van der Waals surface area contributed by atoms with E-state index in [-0.39, 0.29) is 5.69 Å². The van der Waals surface area contributed by atoms with Gasteiger partial charge in [0, 0.05) is 23.9 Å². The van der Waals surface area contributed by atoms with E-state index < -0.39 is 4.92 Å². The van der Waals surface area contributed by atoms with Gasteiger partial charge in [-0.25, -0.2) is 0 Å². The zero-order valence-corrected chi connectivity index (χ0v) is 9.98. The first-order chi connectivity index (χ1) is 9.25.